The third kappa shape index (κ3) is 4.54. The van der Waals surface area contributed by atoms with Crippen LogP contribution >= 0.6 is 0 Å². The predicted molar refractivity (Wildman–Crippen MR) is 122 cm³/mol. The zero-order valence-electron chi connectivity index (χ0n) is 17.4. The highest BCUT2D eigenvalue weighted by Crippen LogP contribution is 2.23. The van der Waals surface area contributed by atoms with Gasteiger partial charge in [0.25, 0.3) is 0 Å². The lowest BCUT2D eigenvalue weighted by Gasteiger charge is -2.11. The van der Waals surface area contributed by atoms with Crippen LogP contribution in [-0.4, -0.2) is 19.2 Å². The second kappa shape index (κ2) is 9.31. The number of fused-ring (bicyclic) bond motifs is 1. The molecule has 0 aliphatic carbocycles. The predicted octanol–water partition coefficient (Wildman–Crippen LogP) is 5.65. The molecule has 4 aromatic rings. The average molecular weight is 399 g/mol. The third-order valence-electron chi connectivity index (χ3n) is 5.28. The Morgan fingerprint density at radius 3 is 2.20 bits per heavy atom. The van der Waals surface area contributed by atoms with Gasteiger partial charge in [-0.3, -0.25) is 0 Å². The number of anilines is 1. The summed E-state index contributed by atoms with van der Waals surface area (Å²) in [5.74, 6) is 2.69. The Balaban J connectivity index is 1.44. The summed E-state index contributed by atoms with van der Waals surface area (Å²) in [5, 5.41) is 4.55. The smallest absolute Gasteiger partial charge is 0.126 e. The van der Waals surface area contributed by atoms with Crippen LogP contribution in [0.3, 0.4) is 0 Å². The molecule has 1 aromatic heterocycles. The highest BCUT2D eigenvalue weighted by molar-refractivity contribution is 5.81. The molecule has 0 aliphatic rings. The van der Waals surface area contributed by atoms with Crippen molar-refractivity contribution in [1.29, 1.82) is 0 Å². The van der Waals surface area contributed by atoms with Crippen LogP contribution in [0.25, 0.3) is 10.9 Å². The summed E-state index contributed by atoms with van der Waals surface area (Å²) in [5.41, 5.74) is 4.62. The van der Waals surface area contributed by atoms with Crippen molar-refractivity contribution in [1.82, 2.24) is 4.98 Å². The summed E-state index contributed by atoms with van der Waals surface area (Å²) < 4.78 is 10.9. The molecule has 0 fully saturated rings. The van der Waals surface area contributed by atoms with Gasteiger partial charge in [-0.2, -0.15) is 0 Å². The van der Waals surface area contributed by atoms with Gasteiger partial charge in [-0.15, -0.1) is 0 Å². The second-order valence-corrected chi connectivity index (χ2v) is 7.20. The molecule has 0 aliphatic heterocycles. The normalized spacial score (nSPS) is 10.7. The first kappa shape index (κ1) is 19.8. The lowest BCUT2D eigenvalue weighted by molar-refractivity contribution is 0.409. The van der Waals surface area contributed by atoms with E-state index < -0.39 is 0 Å². The van der Waals surface area contributed by atoms with E-state index in [1.807, 2.05) is 36.4 Å². The van der Waals surface area contributed by atoms with Crippen LogP contribution < -0.4 is 14.8 Å². The van der Waals surface area contributed by atoms with E-state index in [1.165, 1.54) is 11.1 Å². The van der Waals surface area contributed by atoms with Gasteiger partial charge in [0.15, 0.2) is 0 Å². The fourth-order valence-electron chi connectivity index (χ4n) is 3.65. The maximum Gasteiger partial charge on any atom is 0.126 e. The van der Waals surface area contributed by atoms with Crippen molar-refractivity contribution in [3.8, 4) is 11.5 Å². The molecule has 4 nitrogen and oxygen atoms in total. The first-order valence-corrected chi connectivity index (χ1v) is 10.1. The molecule has 30 heavy (non-hydrogen) atoms. The topological polar surface area (TPSA) is 43.4 Å². The number of hydrogen-bond donors (Lipinski definition) is 1. The van der Waals surface area contributed by atoms with E-state index in [0.717, 1.165) is 46.6 Å². The number of hydrogen-bond acceptors (Lipinski definition) is 4. The number of nitrogens with zero attached hydrogens (tertiary/aromatic N) is 1. The van der Waals surface area contributed by atoms with Crippen molar-refractivity contribution in [2.45, 2.75) is 19.4 Å². The summed E-state index contributed by atoms with van der Waals surface area (Å²) in [6.07, 6.45) is 1.91. The molecule has 0 bridgehead atoms. The fraction of sp³-hybridized carbons (Fsp3) is 0.192. The average Bonchev–Trinajstić information content (AvgIpc) is 2.81. The summed E-state index contributed by atoms with van der Waals surface area (Å²) in [7, 11) is 3.42. The summed E-state index contributed by atoms with van der Waals surface area (Å²) >= 11 is 0. The van der Waals surface area contributed by atoms with Crippen LogP contribution in [0.1, 0.15) is 16.7 Å². The molecule has 3 aromatic carbocycles. The highest BCUT2D eigenvalue weighted by Gasteiger charge is 2.05. The molecule has 0 amide bonds. The Labute approximate surface area is 177 Å². The first-order chi connectivity index (χ1) is 14.8. The van der Waals surface area contributed by atoms with Crippen molar-refractivity contribution in [2.75, 3.05) is 19.5 Å². The van der Waals surface area contributed by atoms with E-state index in [4.69, 9.17) is 14.5 Å². The van der Waals surface area contributed by atoms with E-state index in [-0.39, 0.29) is 0 Å². The molecular weight excluding hydrogens is 372 g/mol. The van der Waals surface area contributed by atoms with Gasteiger partial charge in [0.2, 0.25) is 0 Å². The minimum Gasteiger partial charge on any atom is -0.496 e. The van der Waals surface area contributed by atoms with Gasteiger partial charge in [0, 0.05) is 17.5 Å². The molecule has 0 unspecified atom stereocenters. The number of rotatable bonds is 8. The maximum atomic E-state index is 5.46. The molecule has 0 saturated carbocycles. The molecule has 152 valence electrons. The van der Waals surface area contributed by atoms with Crippen LogP contribution in [-0.2, 0) is 19.4 Å². The maximum absolute atomic E-state index is 5.46. The number of pyridine rings is 1. The van der Waals surface area contributed by atoms with E-state index in [9.17, 15) is 0 Å². The van der Waals surface area contributed by atoms with Gasteiger partial charge in [0.05, 0.1) is 19.7 Å². The quantitative estimate of drug-likeness (QED) is 0.417. The third-order valence-corrected chi connectivity index (χ3v) is 5.28. The minimum atomic E-state index is 0.666. The van der Waals surface area contributed by atoms with Crippen molar-refractivity contribution in [3.63, 3.8) is 0 Å². The Morgan fingerprint density at radius 2 is 1.43 bits per heavy atom. The van der Waals surface area contributed by atoms with E-state index in [0.29, 0.717) is 6.54 Å². The Hall–Kier alpha value is -3.53. The van der Waals surface area contributed by atoms with Crippen molar-refractivity contribution in [2.24, 2.45) is 0 Å². The monoisotopic (exact) mass is 398 g/mol. The number of methoxy groups -OCH3 is 2. The Bertz CT molecular complexity index is 1050. The van der Waals surface area contributed by atoms with Gasteiger partial charge in [0.1, 0.15) is 17.3 Å². The lowest BCUT2D eigenvalue weighted by Crippen LogP contribution is -2.03. The number of para-hydroxylation sites is 2. The Morgan fingerprint density at radius 1 is 0.733 bits per heavy atom. The summed E-state index contributed by atoms with van der Waals surface area (Å²) in [6.45, 7) is 0.666. The van der Waals surface area contributed by atoms with Crippen LogP contribution in [0.4, 0.5) is 5.82 Å². The largest absolute Gasteiger partial charge is 0.496 e. The number of aromatic nitrogens is 1. The zero-order chi connectivity index (χ0) is 20.8. The molecule has 1 N–H and O–H groups in total. The molecule has 0 saturated heterocycles. The Kier molecular flexibility index (Phi) is 6.14. The zero-order valence-corrected chi connectivity index (χ0v) is 17.4. The van der Waals surface area contributed by atoms with Gasteiger partial charge in [-0.1, -0.05) is 42.5 Å². The van der Waals surface area contributed by atoms with E-state index in [2.05, 4.69) is 47.8 Å². The highest BCUT2D eigenvalue weighted by atomic mass is 16.5. The van der Waals surface area contributed by atoms with Crippen molar-refractivity contribution >= 4 is 16.7 Å². The molecular formula is C26H26N2O2. The molecule has 0 atom stereocenters. The first-order valence-electron chi connectivity index (χ1n) is 10.1. The van der Waals surface area contributed by atoms with Gasteiger partial charge in [-0.05, 0) is 60.4 Å². The van der Waals surface area contributed by atoms with Crippen LogP contribution in [0.2, 0.25) is 0 Å². The molecule has 0 radical (unpaired) electrons. The van der Waals surface area contributed by atoms with E-state index in [1.54, 1.807) is 14.2 Å². The summed E-state index contributed by atoms with van der Waals surface area (Å²) in [4.78, 5) is 4.76. The van der Waals surface area contributed by atoms with Gasteiger partial charge in [-0.25, -0.2) is 4.98 Å². The van der Waals surface area contributed by atoms with Crippen LogP contribution in [0.5, 0.6) is 11.5 Å². The van der Waals surface area contributed by atoms with Crippen molar-refractivity contribution in [3.05, 3.63) is 95.6 Å². The number of nitrogens with one attached hydrogen (secondary N) is 1. The van der Waals surface area contributed by atoms with Crippen molar-refractivity contribution < 1.29 is 9.47 Å². The minimum absolute atomic E-state index is 0.666. The van der Waals surface area contributed by atoms with Crippen LogP contribution in [0.15, 0.2) is 78.9 Å². The lowest BCUT2D eigenvalue weighted by atomic mass is 10.0. The molecule has 4 rings (SSSR count). The molecule has 4 heteroatoms. The fourth-order valence-corrected chi connectivity index (χ4v) is 3.65. The molecule has 1 heterocycles. The van der Waals surface area contributed by atoms with Gasteiger partial charge >= 0.3 is 0 Å². The van der Waals surface area contributed by atoms with Crippen LogP contribution in [0, 0.1) is 0 Å². The summed E-state index contributed by atoms with van der Waals surface area (Å²) in [6, 6.07) is 26.9. The second-order valence-electron chi connectivity index (χ2n) is 7.20. The standard InChI is InChI=1S/C26H26N2O2/c1-29-24-9-5-3-7-20(24)13-11-19-12-15-23-21(17-19)14-16-26(28-23)27-18-22-8-4-6-10-25(22)30-2/h3-10,12,14-17H,11,13,18H2,1-2H3,(H,27,28). The number of benzene rings is 3. The van der Waals surface area contributed by atoms with Gasteiger partial charge < -0.3 is 14.8 Å². The van der Waals surface area contributed by atoms with E-state index >= 15 is 0 Å². The number of aryl methyl sites for hydroxylation is 2. The molecule has 0 spiro atoms. The number of ether oxygens (including phenoxy) is 2. The SMILES string of the molecule is COc1ccccc1CCc1ccc2nc(NCc3ccccc3OC)ccc2c1.